The molecule has 2 unspecified atom stereocenters. The van der Waals surface area contributed by atoms with E-state index in [9.17, 15) is 18.0 Å². The second-order valence-electron chi connectivity index (χ2n) is 3.81. The Labute approximate surface area is 95.0 Å². The van der Waals surface area contributed by atoms with Gasteiger partial charge >= 0.3 is 5.97 Å². The summed E-state index contributed by atoms with van der Waals surface area (Å²) in [6, 6.07) is -0.354. The van der Waals surface area contributed by atoms with E-state index in [-0.39, 0.29) is 18.9 Å². The van der Waals surface area contributed by atoms with Crippen molar-refractivity contribution >= 4 is 21.7 Å². The van der Waals surface area contributed by atoms with E-state index in [0.29, 0.717) is 0 Å². The summed E-state index contributed by atoms with van der Waals surface area (Å²) in [5.74, 6) is -1.54. The van der Waals surface area contributed by atoms with E-state index >= 15 is 0 Å². The zero-order valence-corrected chi connectivity index (χ0v) is 10.4. The molecule has 16 heavy (non-hydrogen) atoms. The number of nitrogens with one attached hydrogen (secondary N) is 1. The van der Waals surface area contributed by atoms with Crippen LogP contribution in [0.2, 0.25) is 0 Å². The number of aliphatic carboxylic acids is 1. The fraction of sp³-hybridized carbons (Fsp3) is 0.778. The zero-order valence-electron chi connectivity index (χ0n) is 9.56. The molecule has 0 spiro atoms. The van der Waals surface area contributed by atoms with Crippen molar-refractivity contribution in [1.82, 2.24) is 5.32 Å². The SMILES string of the molecule is CC(CCC(=O)O)NC(=O)C(C)S(C)(=O)=O. The van der Waals surface area contributed by atoms with Crippen molar-refractivity contribution in [3.05, 3.63) is 0 Å². The Balaban J connectivity index is 4.20. The molecule has 6 nitrogen and oxygen atoms in total. The van der Waals surface area contributed by atoms with Crippen LogP contribution < -0.4 is 5.32 Å². The summed E-state index contributed by atoms with van der Waals surface area (Å²) in [6.45, 7) is 2.93. The van der Waals surface area contributed by atoms with Crippen LogP contribution in [0.15, 0.2) is 0 Å². The zero-order chi connectivity index (χ0) is 12.9. The molecule has 0 radical (unpaired) electrons. The molecule has 0 aromatic heterocycles. The number of carboxylic acid groups (broad SMARTS) is 1. The van der Waals surface area contributed by atoms with E-state index in [0.717, 1.165) is 6.26 Å². The van der Waals surface area contributed by atoms with Crippen LogP contribution >= 0.6 is 0 Å². The first-order chi connectivity index (χ1) is 7.14. The molecule has 0 saturated carbocycles. The van der Waals surface area contributed by atoms with Crippen molar-refractivity contribution in [2.75, 3.05) is 6.26 Å². The maximum absolute atomic E-state index is 11.4. The average Bonchev–Trinajstić information content (AvgIpc) is 2.11. The third-order valence-corrected chi connectivity index (χ3v) is 3.69. The summed E-state index contributed by atoms with van der Waals surface area (Å²) >= 11 is 0. The van der Waals surface area contributed by atoms with E-state index in [1.807, 2.05) is 0 Å². The molecule has 0 saturated heterocycles. The van der Waals surface area contributed by atoms with Gasteiger partial charge in [-0.25, -0.2) is 8.42 Å². The second kappa shape index (κ2) is 5.83. The Kier molecular flexibility index (Phi) is 5.43. The van der Waals surface area contributed by atoms with E-state index in [1.165, 1.54) is 6.92 Å². The van der Waals surface area contributed by atoms with Crippen LogP contribution in [0.5, 0.6) is 0 Å². The maximum Gasteiger partial charge on any atom is 0.303 e. The van der Waals surface area contributed by atoms with Gasteiger partial charge in [0.2, 0.25) is 5.91 Å². The maximum atomic E-state index is 11.4. The van der Waals surface area contributed by atoms with Gasteiger partial charge in [-0.2, -0.15) is 0 Å². The van der Waals surface area contributed by atoms with Gasteiger partial charge in [0.25, 0.3) is 0 Å². The number of hydrogen-bond acceptors (Lipinski definition) is 4. The fourth-order valence-electron chi connectivity index (χ4n) is 0.967. The highest BCUT2D eigenvalue weighted by Gasteiger charge is 2.24. The highest BCUT2D eigenvalue weighted by Crippen LogP contribution is 2.01. The first-order valence-electron chi connectivity index (χ1n) is 4.85. The third kappa shape index (κ3) is 5.69. The third-order valence-electron chi connectivity index (χ3n) is 2.19. The van der Waals surface area contributed by atoms with Crippen LogP contribution in [0, 0.1) is 0 Å². The molecule has 0 rings (SSSR count). The highest BCUT2D eigenvalue weighted by molar-refractivity contribution is 7.92. The normalized spacial score (nSPS) is 15.2. The van der Waals surface area contributed by atoms with Crippen LogP contribution in [0.3, 0.4) is 0 Å². The largest absolute Gasteiger partial charge is 0.481 e. The van der Waals surface area contributed by atoms with Crippen molar-refractivity contribution in [2.45, 2.75) is 38.0 Å². The fourth-order valence-corrected chi connectivity index (χ4v) is 1.42. The molecule has 0 fully saturated rings. The average molecular weight is 251 g/mol. The van der Waals surface area contributed by atoms with Crippen molar-refractivity contribution in [3.63, 3.8) is 0 Å². The summed E-state index contributed by atoms with van der Waals surface area (Å²) in [4.78, 5) is 21.7. The molecule has 0 aromatic carbocycles. The van der Waals surface area contributed by atoms with Gasteiger partial charge in [0, 0.05) is 18.7 Å². The predicted octanol–water partition coefficient (Wildman–Crippen LogP) is -0.211. The number of carbonyl (C=O) groups is 2. The van der Waals surface area contributed by atoms with Crippen molar-refractivity contribution in [2.24, 2.45) is 0 Å². The van der Waals surface area contributed by atoms with Gasteiger partial charge in [-0.15, -0.1) is 0 Å². The predicted molar refractivity (Wildman–Crippen MR) is 58.8 cm³/mol. The number of sulfone groups is 1. The number of rotatable bonds is 6. The molecule has 7 heteroatoms. The number of amides is 1. The molecular formula is C9H17NO5S. The van der Waals surface area contributed by atoms with Crippen LogP contribution in [0.4, 0.5) is 0 Å². The van der Waals surface area contributed by atoms with Crippen molar-refractivity contribution < 1.29 is 23.1 Å². The Morgan fingerprint density at radius 3 is 2.19 bits per heavy atom. The molecule has 2 atom stereocenters. The molecule has 0 aliphatic carbocycles. The molecular weight excluding hydrogens is 234 g/mol. The molecule has 0 bridgehead atoms. The van der Waals surface area contributed by atoms with Gasteiger partial charge in [-0.3, -0.25) is 9.59 Å². The van der Waals surface area contributed by atoms with E-state index in [4.69, 9.17) is 5.11 Å². The lowest BCUT2D eigenvalue weighted by molar-refractivity contribution is -0.137. The number of carboxylic acids is 1. The second-order valence-corrected chi connectivity index (χ2v) is 6.18. The summed E-state index contributed by atoms with van der Waals surface area (Å²) in [7, 11) is -3.41. The molecule has 2 N–H and O–H groups in total. The Morgan fingerprint density at radius 2 is 1.81 bits per heavy atom. The first-order valence-corrected chi connectivity index (χ1v) is 6.81. The molecule has 0 aliphatic rings. The minimum atomic E-state index is -3.41. The quantitative estimate of drug-likeness (QED) is 0.680. The smallest absolute Gasteiger partial charge is 0.303 e. The molecule has 0 aromatic rings. The monoisotopic (exact) mass is 251 g/mol. The van der Waals surface area contributed by atoms with Crippen LogP contribution in [-0.4, -0.2) is 42.9 Å². The molecule has 94 valence electrons. The molecule has 0 heterocycles. The summed E-state index contributed by atoms with van der Waals surface area (Å²) in [5, 5.41) is 9.78. The highest BCUT2D eigenvalue weighted by atomic mass is 32.2. The van der Waals surface area contributed by atoms with Crippen LogP contribution in [0.25, 0.3) is 0 Å². The van der Waals surface area contributed by atoms with Gasteiger partial charge in [-0.1, -0.05) is 0 Å². The van der Waals surface area contributed by atoms with Crippen molar-refractivity contribution in [3.8, 4) is 0 Å². The topological polar surface area (TPSA) is 101 Å². The number of hydrogen-bond donors (Lipinski definition) is 2. The Hall–Kier alpha value is -1.11. The Morgan fingerprint density at radius 1 is 1.31 bits per heavy atom. The minimum absolute atomic E-state index is 0.0608. The van der Waals surface area contributed by atoms with Crippen LogP contribution in [-0.2, 0) is 19.4 Å². The summed E-state index contributed by atoms with van der Waals surface area (Å²) in [6.07, 6.45) is 1.20. The lowest BCUT2D eigenvalue weighted by Gasteiger charge is -2.15. The van der Waals surface area contributed by atoms with Crippen LogP contribution in [0.1, 0.15) is 26.7 Å². The van der Waals surface area contributed by atoms with Gasteiger partial charge in [-0.05, 0) is 20.3 Å². The first kappa shape index (κ1) is 14.9. The van der Waals surface area contributed by atoms with Crippen molar-refractivity contribution in [1.29, 1.82) is 0 Å². The standard InChI is InChI=1S/C9H17NO5S/c1-6(4-5-8(11)12)10-9(13)7(2)16(3,14)15/h6-7H,4-5H2,1-3H3,(H,10,13)(H,11,12). The molecule has 0 aliphatic heterocycles. The van der Waals surface area contributed by atoms with E-state index in [2.05, 4.69) is 5.32 Å². The summed E-state index contributed by atoms with van der Waals surface area (Å²) in [5.41, 5.74) is 0. The van der Waals surface area contributed by atoms with Gasteiger partial charge in [0.05, 0.1) is 0 Å². The van der Waals surface area contributed by atoms with Gasteiger partial charge < -0.3 is 10.4 Å². The minimum Gasteiger partial charge on any atom is -0.481 e. The van der Waals surface area contributed by atoms with E-state index < -0.39 is 27.0 Å². The Bertz CT molecular complexity index is 362. The molecule has 1 amide bonds. The summed E-state index contributed by atoms with van der Waals surface area (Å²) < 4.78 is 22.1. The van der Waals surface area contributed by atoms with Gasteiger partial charge in [0.1, 0.15) is 5.25 Å². The van der Waals surface area contributed by atoms with Gasteiger partial charge in [0.15, 0.2) is 9.84 Å². The van der Waals surface area contributed by atoms with E-state index in [1.54, 1.807) is 6.92 Å². The lowest BCUT2D eigenvalue weighted by atomic mass is 10.2. The number of carbonyl (C=O) groups excluding carboxylic acids is 1. The lowest BCUT2D eigenvalue weighted by Crippen LogP contribution is -2.42.